The largest absolute Gasteiger partial charge is 0.371 e. The van der Waals surface area contributed by atoms with Crippen LogP contribution >= 0.6 is 0 Å². The summed E-state index contributed by atoms with van der Waals surface area (Å²) in [6, 6.07) is 3.41. The number of carbonyl (C=O) groups is 2. The number of ether oxygens (including phenoxy) is 1. The van der Waals surface area contributed by atoms with Crippen LogP contribution in [0.3, 0.4) is 0 Å². The molecule has 24 heavy (non-hydrogen) atoms. The van der Waals surface area contributed by atoms with Crippen LogP contribution < -0.4 is 5.32 Å². The van der Waals surface area contributed by atoms with Crippen molar-refractivity contribution in [1.29, 1.82) is 0 Å². The highest BCUT2D eigenvalue weighted by atomic mass is 16.5. The van der Waals surface area contributed by atoms with Gasteiger partial charge in [-0.3, -0.25) is 14.6 Å². The highest BCUT2D eigenvalue weighted by molar-refractivity contribution is 5.93. The molecule has 2 amide bonds. The summed E-state index contributed by atoms with van der Waals surface area (Å²) in [4.78, 5) is 29.8. The van der Waals surface area contributed by atoms with Crippen LogP contribution in [0.4, 0.5) is 0 Å². The predicted octanol–water partition coefficient (Wildman–Crippen LogP) is 1.62. The molecule has 2 saturated heterocycles. The summed E-state index contributed by atoms with van der Waals surface area (Å²) < 4.78 is 5.97. The monoisotopic (exact) mass is 331 g/mol. The summed E-state index contributed by atoms with van der Waals surface area (Å²) in [5.41, 5.74) is 0.451. The zero-order valence-corrected chi connectivity index (χ0v) is 14.2. The molecule has 1 atom stereocenters. The molecule has 2 fully saturated rings. The Morgan fingerprint density at radius 3 is 2.83 bits per heavy atom. The molecule has 2 aliphatic heterocycles. The summed E-state index contributed by atoms with van der Waals surface area (Å²) in [5, 5.41) is 2.96. The second-order valence-electron chi connectivity index (χ2n) is 6.68. The fourth-order valence-electron chi connectivity index (χ4n) is 3.66. The number of amides is 2. The fraction of sp³-hybridized carbons (Fsp3) is 0.611. The molecule has 0 aliphatic carbocycles. The van der Waals surface area contributed by atoms with E-state index >= 15 is 0 Å². The molecule has 6 nitrogen and oxygen atoms in total. The van der Waals surface area contributed by atoms with E-state index < -0.39 is 0 Å². The molecule has 0 aromatic carbocycles. The number of nitrogens with one attached hydrogen (secondary N) is 1. The van der Waals surface area contributed by atoms with Gasteiger partial charge in [-0.25, -0.2) is 0 Å². The minimum atomic E-state index is -0.176. The van der Waals surface area contributed by atoms with Crippen molar-refractivity contribution < 1.29 is 14.3 Å². The summed E-state index contributed by atoms with van der Waals surface area (Å²) in [6.07, 6.45) is 6.61. The van der Waals surface area contributed by atoms with Crippen LogP contribution in [0, 0.1) is 5.92 Å². The third kappa shape index (κ3) is 3.43. The van der Waals surface area contributed by atoms with Gasteiger partial charge in [-0.2, -0.15) is 0 Å². The Hall–Kier alpha value is -1.95. The van der Waals surface area contributed by atoms with Crippen LogP contribution in [0.25, 0.3) is 0 Å². The number of pyridine rings is 1. The second kappa shape index (κ2) is 7.30. The van der Waals surface area contributed by atoms with Crippen molar-refractivity contribution in [3.05, 3.63) is 30.1 Å². The Morgan fingerprint density at radius 1 is 1.38 bits per heavy atom. The zero-order valence-electron chi connectivity index (χ0n) is 14.2. The molecule has 1 aromatic heterocycles. The predicted molar refractivity (Wildman–Crippen MR) is 89.5 cm³/mol. The fourth-order valence-corrected chi connectivity index (χ4v) is 3.66. The van der Waals surface area contributed by atoms with Crippen molar-refractivity contribution in [2.24, 2.45) is 5.92 Å². The second-order valence-corrected chi connectivity index (χ2v) is 6.68. The van der Waals surface area contributed by atoms with Crippen LogP contribution in [-0.4, -0.2) is 53.5 Å². The van der Waals surface area contributed by atoms with Crippen molar-refractivity contribution >= 4 is 11.8 Å². The van der Waals surface area contributed by atoms with Gasteiger partial charge in [0.2, 0.25) is 5.91 Å². The van der Waals surface area contributed by atoms with E-state index in [2.05, 4.69) is 10.3 Å². The summed E-state index contributed by atoms with van der Waals surface area (Å²) >= 11 is 0. The van der Waals surface area contributed by atoms with E-state index in [1.54, 1.807) is 24.5 Å². The molecule has 0 bridgehead atoms. The van der Waals surface area contributed by atoms with Gasteiger partial charge in [0.15, 0.2) is 0 Å². The molecule has 1 N–H and O–H groups in total. The molecule has 3 heterocycles. The van der Waals surface area contributed by atoms with E-state index in [-0.39, 0.29) is 17.4 Å². The standard InChI is InChI=1S/C18H25N3O3/c1-2-3-16(22)21-12-18(13-21)15(7-11-24-18)6-10-20-17(23)14-4-8-19-9-5-14/h4-5,8-9,15H,2-3,6-7,10-13H2,1H3,(H,20,23). The molecule has 1 spiro atoms. The van der Waals surface area contributed by atoms with Gasteiger partial charge in [0.1, 0.15) is 5.60 Å². The van der Waals surface area contributed by atoms with Gasteiger partial charge in [0, 0.05) is 37.5 Å². The molecule has 2 aliphatic rings. The van der Waals surface area contributed by atoms with Crippen molar-refractivity contribution in [3.8, 4) is 0 Å². The van der Waals surface area contributed by atoms with Gasteiger partial charge in [-0.1, -0.05) is 6.92 Å². The van der Waals surface area contributed by atoms with Crippen molar-refractivity contribution in [1.82, 2.24) is 15.2 Å². The number of rotatable bonds is 6. The molecule has 0 radical (unpaired) electrons. The third-order valence-corrected chi connectivity index (χ3v) is 5.05. The average molecular weight is 331 g/mol. The first kappa shape index (κ1) is 16.9. The Morgan fingerprint density at radius 2 is 2.12 bits per heavy atom. The summed E-state index contributed by atoms with van der Waals surface area (Å²) in [7, 11) is 0. The Kier molecular flexibility index (Phi) is 5.14. The van der Waals surface area contributed by atoms with Crippen molar-refractivity contribution in [3.63, 3.8) is 0 Å². The Labute approximate surface area is 142 Å². The number of likely N-dealkylation sites (tertiary alicyclic amines) is 1. The quantitative estimate of drug-likeness (QED) is 0.860. The number of aromatic nitrogens is 1. The van der Waals surface area contributed by atoms with E-state index in [1.807, 2.05) is 11.8 Å². The number of hydrogen-bond acceptors (Lipinski definition) is 4. The first-order valence-corrected chi connectivity index (χ1v) is 8.74. The van der Waals surface area contributed by atoms with Gasteiger partial charge in [-0.15, -0.1) is 0 Å². The van der Waals surface area contributed by atoms with Gasteiger partial charge in [0.05, 0.1) is 13.1 Å². The van der Waals surface area contributed by atoms with E-state index in [4.69, 9.17) is 4.74 Å². The first-order valence-electron chi connectivity index (χ1n) is 8.74. The third-order valence-electron chi connectivity index (χ3n) is 5.05. The lowest BCUT2D eigenvalue weighted by Crippen LogP contribution is -2.66. The van der Waals surface area contributed by atoms with Gasteiger partial charge < -0.3 is 15.0 Å². The van der Waals surface area contributed by atoms with E-state index in [9.17, 15) is 9.59 Å². The lowest BCUT2D eigenvalue weighted by Gasteiger charge is -2.50. The number of carbonyl (C=O) groups excluding carboxylic acids is 2. The molecular weight excluding hydrogens is 306 g/mol. The van der Waals surface area contributed by atoms with E-state index in [1.165, 1.54) is 0 Å². The lowest BCUT2D eigenvalue weighted by molar-refractivity contribution is -0.165. The normalized spacial score (nSPS) is 21.5. The Bertz CT molecular complexity index is 584. The highest BCUT2D eigenvalue weighted by Crippen LogP contribution is 2.41. The first-order chi connectivity index (χ1) is 11.6. The van der Waals surface area contributed by atoms with Gasteiger partial charge in [-0.05, 0) is 37.3 Å². The number of nitrogens with zero attached hydrogens (tertiary/aromatic N) is 2. The van der Waals surface area contributed by atoms with Crippen LogP contribution in [-0.2, 0) is 9.53 Å². The van der Waals surface area contributed by atoms with Crippen LogP contribution in [0.15, 0.2) is 24.5 Å². The molecule has 3 rings (SSSR count). The maximum atomic E-state index is 12.1. The van der Waals surface area contributed by atoms with Crippen LogP contribution in [0.1, 0.15) is 43.0 Å². The number of hydrogen-bond donors (Lipinski definition) is 1. The van der Waals surface area contributed by atoms with Gasteiger partial charge >= 0.3 is 0 Å². The molecule has 1 unspecified atom stereocenters. The zero-order chi connectivity index (χ0) is 17.0. The van der Waals surface area contributed by atoms with Crippen molar-refractivity contribution in [2.45, 2.75) is 38.2 Å². The molecular formula is C18H25N3O3. The minimum Gasteiger partial charge on any atom is -0.371 e. The van der Waals surface area contributed by atoms with Crippen molar-refractivity contribution in [2.75, 3.05) is 26.2 Å². The smallest absolute Gasteiger partial charge is 0.251 e. The van der Waals surface area contributed by atoms with E-state index in [0.717, 1.165) is 25.9 Å². The Balaban J connectivity index is 1.46. The van der Waals surface area contributed by atoms with E-state index in [0.29, 0.717) is 37.5 Å². The molecule has 0 saturated carbocycles. The average Bonchev–Trinajstić information content (AvgIpc) is 2.98. The molecule has 6 heteroatoms. The van der Waals surface area contributed by atoms with Crippen LogP contribution in [0.2, 0.25) is 0 Å². The maximum Gasteiger partial charge on any atom is 0.251 e. The highest BCUT2D eigenvalue weighted by Gasteiger charge is 2.53. The lowest BCUT2D eigenvalue weighted by atomic mass is 9.78. The maximum absolute atomic E-state index is 12.1. The minimum absolute atomic E-state index is 0.0706. The topological polar surface area (TPSA) is 71.5 Å². The summed E-state index contributed by atoms with van der Waals surface area (Å²) in [5.74, 6) is 0.558. The van der Waals surface area contributed by atoms with Gasteiger partial charge in [0.25, 0.3) is 5.91 Å². The molecule has 130 valence electrons. The van der Waals surface area contributed by atoms with Crippen LogP contribution in [0.5, 0.6) is 0 Å². The molecule has 1 aromatic rings. The SMILES string of the molecule is CCCC(=O)N1CC2(C1)OCCC2CCNC(=O)c1ccncc1. The summed E-state index contributed by atoms with van der Waals surface area (Å²) in [6.45, 7) is 4.80.